The van der Waals surface area contributed by atoms with Gasteiger partial charge in [-0.25, -0.2) is 8.42 Å². The lowest BCUT2D eigenvalue weighted by Gasteiger charge is -2.33. The summed E-state index contributed by atoms with van der Waals surface area (Å²) in [5.41, 5.74) is 2.12. The molecule has 1 saturated heterocycles. The number of hydrogen-bond donors (Lipinski definition) is 0. The van der Waals surface area contributed by atoms with E-state index < -0.39 is 10.0 Å². The molecule has 0 aromatic heterocycles. The first-order valence-corrected chi connectivity index (χ1v) is 8.80. The molecule has 4 nitrogen and oxygen atoms in total. The molecule has 0 N–H and O–H groups in total. The summed E-state index contributed by atoms with van der Waals surface area (Å²) in [6.07, 6.45) is 1.89. The quantitative estimate of drug-likeness (QED) is 0.840. The number of ether oxygens (including phenoxy) is 1. The van der Waals surface area contributed by atoms with Crippen molar-refractivity contribution in [3.8, 4) is 0 Å². The van der Waals surface area contributed by atoms with Crippen LogP contribution in [0.4, 0.5) is 0 Å². The smallest absolute Gasteiger partial charge is 0.217 e. The van der Waals surface area contributed by atoms with Crippen molar-refractivity contribution in [1.29, 1.82) is 0 Å². The van der Waals surface area contributed by atoms with Crippen LogP contribution in [0, 0.1) is 0 Å². The highest BCUT2D eigenvalue weighted by Gasteiger charge is 2.35. The van der Waals surface area contributed by atoms with E-state index in [4.69, 9.17) is 16.3 Å². The van der Waals surface area contributed by atoms with E-state index in [1.807, 2.05) is 18.2 Å². The molecular formula is C14H18ClNO3S. The van der Waals surface area contributed by atoms with E-state index >= 15 is 0 Å². The van der Waals surface area contributed by atoms with E-state index in [0.717, 1.165) is 16.1 Å². The van der Waals surface area contributed by atoms with Crippen molar-refractivity contribution in [3.05, 3.63) is 34.3 Å². The molecule has 1 fully saturated rings. The second-order valence-corrected chi connectivity index (χ2v) is 7.94. The summed E-state index contributed by atoms with van der Waals surface area (Å²) in [6, 6.07) is 5.71. The molecule has 0 unspecified atom stereocenters. The number of nitrogens with zero attached hydrogens (tertiary/aromatic N) is 1. The fourth-order valence-electron chi connectivity index (χ4n) is 2.94. The lowest BCUT2D eigenvalue weighted by atomic mass is 10.0. The number of benzene rings is 1. The Kier molecular flexibility index (Phi) is 4.04. The van der Waals surface area contributed by atoms with Crippen LogP contribution >= 0.6 is 11.6 Å². The van der Waals surface area contributed by atoms with Gasteiger partial charge in [-0.1, -0.05) is 23.7 Å². The molecule has 1 aromatic carbocycles. The number of halogens is 1. The van der Waals surface area contributed by atoms with Crippen molar-refractivity contribution in [2.24, 2.45) is 0 Å². The van der Waals surface area contributed by atoms with E-state index in [9.17, 15) is 8.42 Å². The highest BCUT2D eigenvalue weighted by atomic mass is 35.5. The Labute approximate surface area is 124 Å². The lowest BCUT2D eigenvalue weighted by Crippen LogP contribution is -2.43. The number of hydrogen-bond acceptors (Lipinski definition) is 3. The first-order chi connectivity index (χ1) is 9.59. The molecule has 0 radical (unpaired) electrons. The fraction of sp³-hybridized carbons (Fsp3) is 0.571. The summed E-state index contributed by atoms with van der Waals surface area (Å²) < 4.78 is 32.2. The predicted molar refractivity (Wildman–Crippen MR) is 78.3 cm³/mol. The zero-order valence-electron chi connectivity index (χ0n) is 11.2. The van der Waals surface area contributed by atoms with E-state index in [0.29, 0.717) is 45.6 Å². The normalized spacial score (nSPS) is 21.6. The Hall–Kier alpha value is -0.620. The van der Waals surface area contributed by atoms with Gasteiger partial charge in [-0.3, -0.25) is 0 Å². The van der Waals surface area contributed by atoms with Gasteiger partial charge < -0.3 is 4.74 Å². The average molecular weight is 316 g/mol. The average Bonchev–Trinajstić information content (AvgIpc) is 2.48. The zero-order chi connectivity index (χ0) is 14.2. The molecule has 0 atom stereocenters. The SMILES string of the molecule is O=S(=O)(C1CCOCC1)N1CCc2c(Cl)cccc2C1. The van der Waals surface area contributed by atoms with Crippen LogP contribution in [0.25, 0.3) is 0 Å². The maximum atomic E-state index is 12.7. The largest absolute Gasteiger partial charge is 0.381 e. The molecule has 3 rings (SSSR count). The molecule has 0 bridgehead atoms. The first kappa shape index (κ1) is 14.3. The molecule has 0 aliphatic carbocycles. The third-order valence-electron chi connectivity index (χ3n) is 4.12. The van der Waals surface area contributed by atoms with Crippen LogP contribution in [0.2, 0.25) is 5.02 Å². The molecule has 0 spiro atoms. The number of sulfonamides is 1. The van der Waals surface area contributed by atoms with Crippen LogP contribution in [0.5, 0.6) is 0 Å². The van der Waals surface area contributed by atoms with Gasteiger partial charge in [-0.15, -0.1) is 0 Å². The van der Waals surface area contributed by atoms with Gasteiger partial charge in [0.1, 0.15) is 0 Å². The van der Waals surface area contributed by atoms with Crippen molar-refractivity contribution in [3.63, 3.8) is 0 Å². The highest BCUT2D eigenvalue weighted by molar-refractivity contribution is 7.89. The summed E-state index contributed by atoms with van der Waals surface area (Å²) in [6.45, 7) is 2.05. The molecule has 0 amide bonds. The second kappa shape index (κ2) is 5.64. The predicted octanol–water partition coefficient (Wildman–Crippen LogP) is 2.21. The lowest BCUT2D eigenvalue weighted by molar-refractivity contribution is 0.0971. The van der Waals surface area contributed by atoms with Crippen molar-refractivity contribution < 1.29 is 13.2 Å². The minimum Gasteiger partial charge on any atom is -0.381 e. The minimum absolute atomic E-state index is 0.294. The van der Waals surface area contributed by atoms with Crippen LogP contribution < -0.4 is 0 Å². The summed E-state index contributed by atoms with van der Waals surface area (Å²) in [4.78, 5) is 0. The van der Waals surface area contributed by atoms with E-state index in [1.54, 1.807) is 4.31 Å². The summed E-state index contributed by atoms with van der Waals surface area (Å²) >= 11 is 6.17. The van der Waals surface area contributed by atoms with E-state index in [-0.39, 0.29) is 5.25 Å². The standard InChI is InChI=1S/C14H18ClNO3S/c15-14-3-1-2-11-10-16(7-4-13(11)14)20(17,18)12-5-8-19-9-6-12/h1-3,12H,4-10H2. The monoisotopic (exact) mass is 315 g/mol. The molecule has 20 heavy (non-hydrogen) atoms. The van der Waals surface area contributed by atoms with Crippen molar-refractivity contribution >= 4 is 21.6 Å². The van der Waals surface area contributed by atoms with Crippen LogP contribution in [0.3, 0.4) is 0 Å². The van der Waals surface area contributed by atoms with Gasteiger partial charge in [0.2, 0.25) is 10.0 Å². The van der Waals surface area contributed by atoms with Crippen LogP contribution in [-0.2, 0) is 27.7 Å². The Morgan fingerprint density at radius 2 is 2.00 bits per heavy atom. The molecule has 2 aliphatic rings. The van der Waals surface area contributed by atoms with Gasteiger partial charge >= 0.3 is 0 Å². The Morgan fingerprint density at radius 1 is 1.25 bits per heavy atom. The van der Waals surface area contributed by atoms with Crippen LogP contribution in [0.15, 0.2) is 18.2 Å². The minimum atomic E-state index is -3.23. The summed E-state index contributed by atoms with van der Waals surface area (Å²) in [5.74, 6) is 0. The number of fused-ring (bicyclic) bond motifs is 1. The Bertz CT molecular complexity index is 596. The fourth-order valence-corrected chi connectivity index (χ4v) is 5.10. The third kappa shape index (κ3) is 2.60. The van der Waals surface area contributed by atoms with E-state index in [1.165, 1.54) is 0 Å². The maximum absolute atomic E-state index is 12.7. The van der Waals surface area contributed by atoms with Gasteiger partial charge in [0, 0.05) is 31.3 Å². The van der Waals surface area contributed by atoms with Gasteiger partial charge in [0.15, 0.2) is 0 Å². The van der Waals surface area contributed by atoms with Crippen molar-refractivity contribution in [2.45, 2.75) is 31.1 Å². The molecule has 2 aliphatic heterocycles. The molecule has 0 saturated carbocycles. The molecule has 110 valence electrons. The molecule has 1 aromatic rings. The van der Waals surface area contributed by atoms with Gasteiger partial charge in [0.05, 0.1) is 5.25 Å². The van der Waals surface area contributed by atoms with Crippen molar-refractivity contribution in [1.82, 2.24) is 4.31 Å². The van der Waals surface area contributed by atoms with E-state index in [2.05, 4.69) is 0 Å². The topological polar surface area (TPSA) is 46.6 Å². The van der Waals surface area contributed by atoms with Gasteiger partial charge in [0.25, 0.3) is 0 Å². The van der Waals surface area contributed by atoms with Crippen LogP contribution in [0.1, 0.15) is 24.0 Å². The first-order valence-electron chi connectivity index (χ1n) is 6.92. The van der Waals surface area contributed by atoms with Gasteiger partial charge in [-0.05, 0) is 36.5 Å². The zero-order valence-corrected chi connectivity index (χ0v) is 12.8. The molecule has 2 heterocycles. The third-order valence-corrected chi connectivity index (χ3v) is 6.82. The maximum Gasteiger partial charge on any atom is 0.217 e. The molecule has 6 heteroatoms. The Balaban J connectivity index is 1.82. The highest BCUT2D eigenvalue weighted by Crippen LogP contribution is 2.29. The molecular weight excluding hydrogens is 298 g/mol. The van der Waals surface area contributed by atoms with Gasteiger partial charge in [-0.2, -0.15) is 4.31 Å². The van der Waals surface area contributed by atoms with Crippen molar-refractivity contribution in [2.75, 3.05) is 19.8 Å². The second-order valence-electron chi connectivity index (χ2n) is 5.32. The van der Waals surface area contributed by atoms with Crippen LogP contribution in [-0.4, -0.2) is 37.7 Å². The summed E-state index contributed by atoms with van der Waals surface area (Å²) in [5, 5.41) is 0.447. The number of rotatable bonds is 2. The summed E-state index contributed by atoms with van der Waals surface area (Å²) in [7, 11) is -3.23. The Morgan fingerprint density at radius 3 is 2.75 bits per heavy atom.